The first kappa shape index (κ1) is 15.0. The number of ether oxygens (including phenoxy) is 1. The maximum atomic E-state index is 11.4. The highest BCUT2D eigenvalue weighted by molar-refractivity contribution is 7.80. The molecule has 1 aromatic heterocycles. The highest BCUT2D eigenvalue weighted by atomic mass is 32.1. The van der Waals surface area contributed by atoms with Crippen molar-refractivity contribution in [2.45, 2.75) is 33.1 Å². The monoisotopic (exact) mass is 286 g/mol. The first-order valence-corrected chi connectivity index (χ1v) is 7.23. The van der Waals surface area contributed by atoms with Gasteiger partial charge < -0.3 is 9.30 Å². The van der Waals surface area contributed by atoms with E-state index in [2.05, 4.69) is 11.9 Å². The third-order valence-corrected chi connectivity index (χ3v) is 3.59. The minimum absolute atomic E-state index is 0.214. The highest BCUT2D eigenvalue weighted by Crippen LogP contribution is 2.03. The summed E-state index contributed by atoms with van der Waals surface area (Å²) < 4.78 is 6.82. The van der Waals surface area contributed by atoms with Crippen LogP contribution in [0.2, 0.25) is 0 Å². The van der Waals surface area contributed by atoms with Crippen LogP contribution in [-0.4, -0.2) is 22.1 Å². The molecular weight excluding hydrogens is 268 g/mol. The van der Waals surface area contributed by atoms with Gasteiger partial charge in [0.1, 0.15) is 4.99 Å². The normalized spacial score (nSPS) is 11.6. The molecule has 0 aliphatic rings. The molecule has 0 spiro atoms. The lowest BCUT2D eigenvalue weighted by atomic mass is 10.3. The van der Waals surface area contributed by atoms with Crippen molar-refractivity contribution >= 4 is 34.5 Å². The second-order valence-corrected chi connectivity index (χ2v) is 5.11. The number of thiazole rings is 1. The van der Waals surface area contributed by atoms with E-state index in [1.807, 2.05) is 17.0 Å². The lowest BCUT2D eigenvalue weighted by Gasteiger charge is -2.02. The second kappa shape index (κ2) is 7.43. The van der Waals surface area contributed by atoms with Crippen molar-refractivity contribution in [3.63, 3.8) is 0 Å². The van der Waals surface area contributed by atoms with Gasteiger partial charge in [0.15, 0.2) is 4.80 Å². The van der Waals surface area contributed by atoms with Crippen molar-refractivity contribution in [1.29, 1.82) is 0 Å². The summed E-state index contributed by atoms with van der Waals surface area (Å²) in [4.78, 5) is 17.3. The molecule has 0 N–H and O–H groups in total. The Labute approximate surface area is 116 Å². The van der Waals surface area contributed by atoms with Gasteiger partial charge in [-0.1, -0.05) is 19.1 Å². The Morgan fingerprint density at radius 2 is 2.28 bits per heavy atom. The minimum atomic E-state index is -0.214. The van der Waals surface area contributed by atoms with Gasteiger partial charge in [-0.05, 0) is 19.8 Å². The number of rotatable bonds is 5. The zero-order valence-corrected chi connectivity index (χ0v) is 12.6. The molecule has 0 saturated carbocycles. The summed E-state index contributed by atoms with van der Waals surface area (Å²) in [6.45, 7) is 4.28. The molecule has 0 atom stereocenters. The van der Waals surface area contributed by atoms with Crippen LogP contribution >= 0.6 is 23.6 Å². The topological polar surface area (TPSA) is 43.6 Å². The van der Waals surface area contributed by atoms with Gasteiger partial charge in [0.2, 0.25) is 0 Å². The van der Waals surface area contributed by atoms with Crippen LogP contribution in [0.4, 0.5) is 0 Å². The van der Waals surface area contributed by atoms with Gasteiger partial charge in [-0.2, -0.15) is 0 Å². The summed E-state index contributed by atoms with van der Waals surface area (Å²) >= 11 is 6.66. The molecule has 4 nitrogen and oxygen atoms in total. The van der Waals surface area contributed by atoms with E-state index in [9.17, 15) is 4.79 Å². The maximum absolute atomic E-state index is 11.4. The summed E-state index contributed by atoms with van der Waals surface area (Å²) in [5.74, 6) is -0.214. The fourth-order valence-electron chi connectivity index (χ4n) is 1.40. The number of hydrogen-bond donors (Lipinski definition) is 0. The van der Waals surface area contributed by atoms with E-state index in [-0.39, 0.29) is 12.4 Å². The molecule has 100 valence electrons. The van der Waals surface area contributed by atoms with Crippen LogP contribution in [0, 0.1) is 0 Å². The predicted octanol–water partition coefficient (Wildman–Crippen LogP) is 2.22. The molecule has 1 rings (SSSR count). The Balaban J connectivity index is 2.84. The molecule has 0 aromatic carbocycles. The molecule has 0 radical (unpaired) electrons. The Morgan fingerprint density at radius 1 is 1.56 bits per heavy atom. The third-order valence-electron chi connectivity index (χ3n) is 2.33. The van der Waals surface area contributed by atoms with Gasteiger partial charge >= 0.3 is 5.97 Å². The molecule has 0 aliphatic carbocycles. The third kappa shape index (κ3) is 4.34. The summed E-state index contributed by atoms with van der Waals surface area (Å²) in [6, 6.07) is 0. The quantitative estimate of drug-likeness (QED) is 0.616. The molecule has 1 heterocycles. The highest BCUT2D eigenvalue weighted by Gasteiger charge is 2.08. The number of carbonyl (C=O) groups excluding carboxylic acids is 1. The van der Waals surface area contributed by atoms with E-state index < -0.39 is 0 Å². The van der Waals surface area contributed by atoms with Gasteiger partial charge in [0.25, 0.3) is 0 Å². The Hall–Kier alpha value is -1.01. The molecule has 18 heavy (non-hydrogen) atoms. The van der Waals surface area contributed by atoms with Crippen LogP contribution < -0.4 is 4.80 Å². The number of nitrogens with zero attached hydrogens (tertiary/aromatic N) is 2. The Morgan fingerprint density at radius 3 is 2.89 bits per heavy atom. The molecule has 0 amide bonds. The minimum Gasteiger partial charge on any atom is -0.466 e. The summed E-state index contributed by atoms with van der Waals surface area (Å²) in [5.41, 5.74) is 0.900. The van der Waals surface area contributed by atoms with Crippen LogP contribution in [0.5, 0.6) is 0 Å². The molecule has 6 heteroatoms. The van der Waals surface area contributed by atoms with Crippen LogP contribution in [0.3, 0.4) is 0 Å². The van der Waals surface area contributed by atoms with Gasteiger partial charge in [-0.3, -0.25) is 4.79 Å². The SMILES string of the molecule is CCCC(=S)N=c1scc(CC(=O)OCC)n1C. The summed E-state index contributed by atoms with van der Waals surface area (Å²) in [6.07, 6.45) is 2.09. The molecule has 0 aliphatic heterocycles. The number of esters is 1. The molecule has 0 unspecified atom stereocenters. The smallest absolute Gasteiger partial charge is 0.311 e. The Bertz CT molecular complexity index is 489. The maximum Gasteiger partial charge on any atom is 0.311 e. The number of thiocarbonyl (C=S) groups is 1. The van der Waals surface area contributed by atoms with Crippen molar-refractivity contribution in [2.75, 3.05) is 6.61 Å². The number of carbonyl (C=O) groups is 1. The first-order chi connectivity index (χ1) is 8.58. The van der Waals surface area contributed by atoms with Gasteiger partial charge in [0.05, 0.1) is 13.0 Å². The number of aromatic nitrogens is 1. The molecule has 0 fully saturated rings. The number of hydrogen-bond acceptors (Lipinski definition) is 4. The fourth-order valence-corrected chi connectivity index (χ4v) is 2.67. The van der Waals surface area contributed by atoms with Crippen LogP contribution in [-0.2, 0) is 23.0 Å². The van der Waals surface area contributed by atoms with E-state index in [1.165, 1.54) is 11.3 Å². The Kier molecular flexibility index (Phi) is 6.21. The summed E-state index contributed by atoms with van der Waals surface area (Å²) in [7, 11) is 1.89. The van der Waals surface area contributed by atoms with E-state index in [1.54, 1.807) is 6.92 Å². The van der Waals surface area contributed by atoms with Gasteiger partial charge in [-0.15, -0.1) is 11.3 Å². The lowest BCUT2D eigenvalue weighted by Crippen LogP contribution is -2.18. The standard InChI is InChI=1S/C12H18N2O2S2/c1-4-6-10(17)13-12-14(3)9(8-18-12)7-11(15)16-5-2/h8H,4-7H2,1-3H3. The van der Waals surface area contributed by atoms with Crippen molar-refractivity contribution in [3.8, 4) is 0 Å². The average molecular weight is 286 g/mol. The molecule has 1 aromatic rings. The van der Waals surface area contributed by atoms with Crippen molar-refractivity contribution < 1.29 is 9.53 Å². The van der Waals surface area contributed by atoms with Gasteiger partial charge in [-0.25, -0.2) is 4.99 Å². The van der Waals surface area contributed by atoms with Crippen LogP contribution in [0.25, 0.3) is 0 Å². The average Bonchev–Trinajstić information content (AvgIpc) is 2.62. The zero-order chi connectivity index (χ0) is 13.5. The van der Waals surface area contributed by atoms with E-state index in [4.69, 9.17) is 17.0 Å². The van der Waals surface area contributed by atoms with Crippen LogP contribution in [0.15, 0.2) is 10.4 Å². The largest absolute Gasteiger partial charge is 0.466 e. The van der Waals surface area contributed by atoms with Crippen molar-refractivity contribution in [2.24, 2.45) is 12.0 Å². The van der Waals surface area contributed by atoms with Crippen molar-refractivity contribution in [1.82, 2.24) is 4.57 Å². The van der Waals surface area contributed by atoms with E-state index >= 15 is 0 Å². The van der Waals surface area contributed by atoms with Crippen molar-refractivity contribution in [3.05, 3.63) is 15.9 Å². The van der Waals surface area contributed by atoms with E-state index in [0.29, 0.717) is 11.6 Å². The van der Waals surface area contributed by atoms with Gasteiger partial charge in [0, 0.05) is 18.1 Å². The summed E-state index contributed by atoms with van der Waals surface area (Å²) in [5, 5.41) is 1.92. The molecule has 0 bridgehead atoms. The second-order valence-electron chi connectivity index (χ2n) is 3.81. The first-order valence-electron chi connectivity index (χ1n) is 5.95. The van der Waals surface area contributed by atoms with E-state index in [0.717, 1.165) is 23.3 Å². The zero-order valence-electron chi connectivity index (χ0n) is 10.9. The lowest BCUT2D eigenvalue weighted by molar-refractivity contribution is -0.142. The predicted molar refractivity (Wildman–Crippen MR) is 76.7 cm³/mol. The van der Waals surface area contributed by atoms with Crippen LogP contribution in [0.1, 0.15) is 32.4 Å². The molecular formula is C12H18N2O2S2. The molecule has 0 saturated heterocycles. The fraction of sp³-hybridized carbons (Fsp3) is 0.583.